The van der Waals surface area contributed by atoms with Crippen molar-refractivity contribution in [1.29, 1.82) is 0 Å². The normalized spacial score (nSPS) is 13.7. The average molecular weight is 620 g/mol. The van der Waals surface area contributed by atoms with Crippen molar-refractivity contribution in [2.45, 2.75) is 58.9 Å². The van der Waals surface area contributed by atoms with Crippen LogP contribution in [0.4, 0.5) is 0 Å². The van der Waals surface area contributed by atoms with E-state index in [1.54, 1.807) is 0 Å². The summed E-state index contributed by atoms with van der Waals surface area (Å²) in [5, 5.41) is 13.0. The van der Waals surface area contributed by atoms with Crippen molar-refractivity contribution in [3.8, 4) is 0 Å². The van der Waals surface area contributed by atoms with Gasteiger partial charge in [0.05, 0.1) is 0 Å². The molecule has 0 unspecified atom stereocenters. The molecule has 2 aliphatic rings. The molecule has 0 aromatic heterocycles. The zero-order valence-electron chi connectivity index (χ0n) is 23.9. The first-order valence-electron chi connectivity index (χ1n) is 13.9. The fourth-order valence-corrected chi connectivity index (χ4v) is 4.01. The Kier molecular flexibility index (Phi) is 16.3. The predicted octanol–water partition coefficient (Wildman–Crippen LogP) is -2.22. The van der Waals surface area contributed by atoms with Gasteiger partial charge in [0, 0.05) is 102 Å². The van der Waals surface area contributed by atoms with Gasteiger partial charge in [0.25, 0.3) is 23.6 Å². The van der Waals surface area contributed by atoms with E-state index in [1.807, 2.05) is 6.92 Å². The van der Waals surface area contributed by atoms with Crippen LogP contribution in [0, 0.1) is 0 Å². The van der Waals surface area contributed by atoms with Crippen molar-refractivity contribution < 1.29 is 43.2 Å². The van der Waals surface area contributed by atoms with Crippen molar-refractivity contribution in [2.75, 3.05) is 39.3 Å². The van der Waals surface area contributed by atoms with E-state index < -0.39 is 53.3 Å². The molecule has 0 saturated heterocycles. The molecule has 0 aromatic rings. The SMILES string of the molecule is C.CCCC(=O)NC(CC(=O)NCCNC(=O)CCN1C(=O)C=CC1=O)CC(=O)NCCNC(=O)CCN1C(=O)C=CC1=O. The monoisotopic (exact) mass is 619 g/mol. The van der Waals surface area contributed by atoms with Crippen LogP contribution in [-0.2, 0) is 43.2 Å². The lowest BCUT2D eigenvalue weighted by atomic mass is 10.1. The maximum Gasteiger partial charge on any atom is 0.253 e. The lowest BCUT2D eigenvalue weighted by molar-refractivity contribution is -0.139. The average Bonchev–Trinajstić information content (AvgIpc) is 3.45. The number of nitrogens with zero attached hydrogens (tertiary/aromatic N) is 2. The summed E-state index contributed by atoms with van der Waals surface area (Å²) in [5.41, 5.74) is 0. The largest absolute Gasteiger partial charge is 0.354 e. The van der Waals surface area contributed by atoms with E-state index in [0.29, 0.717) is 6.42 Å². The molecule has 0 aliphatic carbocycles. The maximum atomic E-state index is 12.4. The van der Waals surface area contributed by atoms with Crippen LogP contribution in [0.5, 0.6) is 0 Å². The van der Waals surface area contributed by atoms with Crippen molar-refractivity contribution in [3.05, 3.63) is 24.3 Å². The molecule has 16 nitrogen and oxygen atoms in total. The molecule has 2 heterocycles. The molecular weight excluding hydrogens is 578 g/mol. The van der Waals surface area contributed by atoms with Crippen LogP contribution in [0.25, 0.3) is 0 Å². The van der Waals surface area contributed by atoms with Crippen LogP contribution in [0.2, 0.25) is 0 Å². The molecule has 9 amide bonds. The van der Waals surface area contributed by atoms with Crippen LogP contribution in [0.15, 0.2) is 24.3 Å². The van der Waals surface area contributed by atoms with Crippen molar-refractivity contribution in [2.24, 2.45) is 0 Å². The highest BCUT2D eigenvalue weighted by Crippen LogP contribution is 2.05. The first-order valence-corrected chi connectivity index (χ1v) is 13.9. The highest BCUT2D eigenvalue weighted by molar-refractivity contribution is 6.13. The minimum atomic E-state index is -0.795. The number of rotatable bonds is 19. The Balaban J connectivity index is 0.00000968. The lowest BCUT2D eigenvalue weighted by Crippen LogP contribution is -2.44. The summed E-state index contributed by atoms with van der Waals surface area (Å²) in [6, 6.07) is -0.795. The van der Waals surface area contributed by atoms with Crippen LogP contribution in [-0.4, -0.2) is 108 Å². The fourth-order valence-electron chi connectivity index (χ4n) is 4.01. The lowest BCUT2D eigenvalue weighted by Gasteiger charge is -2.18. The first-order chi connectivity index (χ1) is 20.5. The third-order valence-electron chi connectivity index (χ3n) is 6.17. The summed E-state index contributed by atoms with van der Waals surface area (Å²) in [6.07, 6.45) is 4.75. The molecule has 0 spiro atoms. The van der Waals surface area contributed by atoms with E-state index in [9.17, 15) is 43.2 Å². The van der Waals surface area contributed by atoms with Crippen LogP contribution >= 0.6 is 0 Å². The van der Waals surface area contributed by atoms with Crippen molar-refractivity contribution in [1.82, 2.24) is 36.4 Å². The number of hydrogen-bond acceptors (Lipinski definition) is 9. The fraction of sp³-hybridized carbons (Fsp3) is 0.536. The minimum absolute atomic E-state index is 0. The Labute approximate surface area is 255 Å². The van der Waals surface area contributed by atoms with Gasteiger partial charge in [0.1, 0.15) is 0 Å². The molecule has 242 valence electrons. The Morgan fingerprint density at radius 2 is 0.909 bits per heavy atom. The number of imide groups is 2. The van der Waals surface area contributed by atoms with E-state index in [1.165, 1.54) is 0 Å². The first kappa shape index (κ1) is 37.1. The Hall–Kier alpha value is -4.89. The van der Waals surface area contributed by atoms with Gasteiger partial charge >= 0.3 is 0 Å². The smallest absolute Gasteiger partial charge is 0.253 e. The Morgan fingerprint density at radius 1 is 0.568 bits per heavy atom. The second kappa shape index (κ2) is 19.3. The van der Waals surface area contributed by atoms with E-state index in [0.717, 1.165) is 34.1 Å². The Bertz CT molecular complexity index is 1070. The van der Waals surface area contributed by atoms with Gasteiger partial charge in [-0.25, -0.2) is 0 Å². The number of hydrogen-bond donors (Lipinski definition) is 5. The van der Waals surface area contributed by atoms with Gasteiger partial charge in [-0.15, -0.1) is 0 Å². The van der Waals surface area contributed by atoms with Crippen LogP contribution in [0.3, 0.4) is 0 Å². The molecule has 0 saturated carbocycles. The third kappa shape index (κ3) is 13.4. The van der Waals surface area contributed by atoms with Gasteiger partial charge in [-0.3, -0.25) is 53.0 Å². The summed E-state index contributed by atoms with van der Waals surface area (Å²) in [5.74, 6) is -3.97. The summed E-state index contributed by atoms with van der Waals surface area (Å²) in [7, 11) is 0. The zero-order valence-corrected chi connectivity index (χ0v) is 23.9. The van der Waals surface area contributed by atoms with Gasteiger partial charge in [-0.1, -0.05) is 14.4 Å². The number of carbonyl (C=O) groups is 9. The van der Waals surface area contributed by atoms with Gasteiger partial charge < -0.3 is 26.6 Å². The molecule has 44 heavy (non-hydrogen) atoms. The third-order valence-corrected chi connectivity index (χ3v) is 6.17. The molecule has 2 rings (SSSR count). The molecular formula is C28H41N7O9. The molecule has 0 bridgehead atoms. The summed E-state index contributed by atoms with van der Waals surface area (Å²) < 4.78 is 0. The van der Waals surface area contributed by atoms with Crippen LogP contribution < -0.4 is 26.6 Å². The quantitative estimate of drug-likeness (QED) is 0.0780. The summed E-state index contributed by atoms with van der Waals surface area (Å²) in [4.78, 5) is 109. The summed E-state index contributed by atoms with van der Waals surface area (Å²) >= 11 is 0. The van der Waals surface area contributed by atoms with E-state index in [2.05, 4.69) is 26.6 Å². The van der Waals surface area contributed by atoms with Crippen LogP contribution in [0.1, 0.15) is 52.9 Å². The molecule has 2 aliphatic heterocycles. The standard InChI is InChI=1S/C27H37N7O9.CH4/c1-2-3-21(37)32-18(16-22(38)30-12-10-28-19(35)8-14-33-24(40)4-5-25(33)41)17-23(39)31-13-11-29-20(36)9-15-34-26(42)6-7-27(34)43;/h4-7,18H,2-3,8-17H2,1H3,(H,28,35)(H,29,36)(H,30,38)(H,31,39)(H,32,37);1H4. The minimum Gasteiger partial charge on any atom is -0.354 e. The maximum absolute atomic E-state index is 12.4. The van der Waals surface area contributed by atoms with E-state index >= 15 is 0 Å². The topological polar surface area (TPSA) is 220 Å². The molecule has 5 N–H and O–H groups in total. The number of carbonyl (C=O) groups excluding carboxylic acids is 9. The number of amides is 9. The zero-order chi connectivity index (χ0) is 31.8. The number of nitrogens with one attached hydrogen (secondary N) is 5. The summed E-state index contributed by atoms with van der Waals surface area (Å²) in [6.45, 7) is 2.02. The van der Waals surface area contributed by atoms with Crippen molar-refractivity contribution >= 4 is 53.2 Å². The molecule has 0 aromatic carbocycles. The molecule has 0 atom stereocenters. The molecule has 0 fully saturated rings. The second-order valence-electron chi connectivity index (χ2n) is 9.65. The van der Waals surface area contributed by atoms with E-state index in [4.69, 9.17) is 0 Å². The molecule has 16 heteroatoms. The van der Waals surface area contributed by atoms with Crippen molar-refractivity contribution in [3.63, 3.8) is 0 Å². The predicted molar refractivity (Wildman–Crippen MR) is 156 cm³/mol. The van der Waals surface area contributed by atoms with Gasteiger partial charge in [-0.05, 0) is 6.42 Å². The highest BCUT2D eigenvalue weighted by Gasteiger charge is 2.25. The highest BCUT2D eigenvalue weighted by atomic mass is 16.2. The second-order valence-corrected chi connectivity index (χ2v) is 9.65. The Morgan fingerprint density at radius 3 is 1.25 bits per heavy atom. The van der Waals surface area contributed by atoms with E-state index in [-0.39, 0.29) is 84.7 Å². The van der Waals surface area contributed by atoms with Gasteiger partial charge in [-0.2, -0.15) is 0 Å². The van der Waals surface area contributed by atoms with Gasteiger partial charge in [0.2, 0.25) is 29.5 Å². The molecule has 0 radical (unpaired) electrons. The van der Waals surface area contributed by atoms with Gasteiger partial charge in [0.15, 0.2) is 0 Å².